The van der Waals surface area contributed by atoms with Crippen molar-refractivity contribution in [2.45, 2.75) is 38.5 Å². The summed E-state index contributed by atoms with van der Waals surface area (Å²) < 4.78 is 6.28. The van der Waals surface area contributed by atoms with Gasteiger partial charge >= 0.3 is 0 Å². The first kappa shape index (κ1) is 29.8. The number of para-hydroxylation sites is 1. The smallest absolute Gasteiger partial charge is 0.164 e. The zero-order valence-electron chi connectivity index (χ0n) is 29.0. The molecule has 4 heteroatoms. The quantitative estimate of drug-likeness (QED) is 0.177. The van der Waals surface area contributed by atoms with Crippen LogP contribution in [0.25, 0.3) is 88.8 Å². The molecule has 0 saturated carbocycles. The Labute approximate surface area is 296 Å². The molecular weight excluding hydrogens is 623 g/mol. The molecule has 4 nitrogen and oxygen atoms in total. The highest BCUT2D eigenvalue weighted by Crippen LogP contribution is 2.55. The van der Waals surface area contributed by atoms with Crippen molar-refractivity contribution >= 4 is 43.5 Å². The van der Waals surface area contributed by atoms with Gasteiger partial charge in [-0.05, 0) is 91.0 Å². The maximum absolute atomic E-state index is 6.28. The molecule has 1 aliphatic carbocycles. The number of hydrogen-bond acceptors (Lipinski definition) is 4. The van der Waals surface area contributed by atoms with Gasteiger partial charge in [0.1, 0.15) is 11.2 Å². The van der Waals surface area contributed by atoms with E-state index >= 15 is 0 Å². The Morgan fingerprint density at radius 1 is 0.392 bits per heavy atom. The summed E-state index contributed by atoms with van der Waals surface area (Å²) in [7, 11) is 0. The van der Waals surface area contributed by atoms with E-state index < -0.39 is 0 Å². The second kappa shape index (κ2) is 10.7. The third-order valence-corrected chi connectivity index (χ3v) is 11.7. The molecule has 7 aromatic carbocycles. The summed E-state index contributed by atoms with van der Waals surface area (Å²) in [6.07, 6.45) is 0. The number of nitrogens with zero attached hydrogens (tertiary/aromatic N) is 3. The molecule has 0 atom stereocenters. The minimum atomic E-state index is -0.0840. The predicted molar refractivity (Wildman–Crippen MR) is 210 cm³/mol. The molecule has 244 valence electrons. The van der Waals surface area contributed by atoms with Gasteiger partial charge in [0, 0.05) is 27.5 Å². The third-order valence-electron chi connectivity index (χ3n) is 11.7. The predicted octanol–water partition coefficient (Wildman–Crippen LogP) is 12.3. The average molecular weight is 658 g/mol. The van der Waals surface area contributed by atoms with Gasteiger partial charge in [-0.15, -0.1) is 0 Å². The molecule has 0 unspecified atom stereocenters. The molecule has 9 aromatic rings. The van der Waals surface area contributed by atoms with Crippen LogP contribution >= 0.6 is 0 Å². The first-order valence-electron chi connectivity index (χ1n) is 17.6. The molecule has 0 fully saturated rings. The van der Waals surface area contributed by atoms with E-state index in [-0.39, 0.29) is 10.8 Å². The monoisotopic (exact) mass is 657 g/mol. The van der Waals surface area contributed by atoms with Crippen LogP contribution in [0.5, 0.6) is 0 Å². The van der Waals surface area contributed by atoms with Gasteiger partial charge in [-0.2, -0.15) is 0 Å². The van der Waals surface area contributed by atoms with Crippen LogP contribution < -0.4 is 0 Å². The Balaban J connectivity index is 1.23. The van der Waals surface area contributed by atoms with Crippen molar-refractivity contribution in [3.8, 4) is 45.3 Å². The first-order chi connectivity index (χ1) is 24.8. The number of rotatable bonds is 3. The van der Waals surface area contributed by atoms with Crippen molar-refractivity contribution in [3.63, 3.8) is 0 Å². The average Bonchev–Trinajstić information content (AvgIpc) is 3.55. The van der Waals surface area contributed by atoms with Gasteiger partial charge in [-0.1, -0.05) is 131 Å². The highest BCUT2D eigenvalue weighted by molar-refractivity contribution is 6.14. The van der Waals surface area contributed by atoms with Crippen LogP contribution in [0.2, 0.25) is 0 Å². The fourth-order valence-electron chi connectivity index (χ4n) is 8.22. The topological polar surface area (TPSA) is 51.8 Å². The molecule has 0 spiro atoms. The second-order valence-corrected chi connectivity index (χ2v) is 14.9. The van der Waals surface area contributed by atoms with E-state index in [1.165, 1.54) is 38.4 Å². The second-order valence-electron chi connectivity index (χ2n) is 14.9. The normalized spacial score (nSPS) is 14.6. The molecule has 0 amide bonds. The van der Waals surface area contributed by atoms with E-state index in [0.29, 0.717) is 17.5 Å². The van der Waals surface area contributed by atoms with Crippen molar-refractivity contribution in [1.29, 1.82) is 0 Å². The molecule has 0 N–H and O–H groups in total. The summed E-state index contributed by atoms with van der Waals surface area (Å²) in [5, 5.41) is 6.88. The van der Waals surface area contributed by atoms with Gasteiger partial charge in [-0.25, -0.2) is 15.0 Å². The molecule has 10 rings (SSSR count). The lowest BCUT2D eigenvalue weighted by atomic mass is 9.55. The van der Waals surface area contributed by atoms with Crippen LogP contribution in [0.4, 0.5) is 0 Å². The first-order valence-corrected chi connectivity index (χ1v) is 17.6. The Morgan fingerprint density at radius 2 is 1.00 bits per heavy atom. The van der Waals surface area contributed by atoms with Gasteiger partial charge in [0.15, 0.2) is 17.5 Å². The summed E-state index contributed by atoms with van der Waals surface area (Å²) in [5.74, 6) is 1.88. The summed E-state index contributed by atoms with van der Waals surface area (Å²) in [6, 6.07) is 49.3. The van der Waals surface area contributed by atoms with E-state index in [1.54, 1.807) is 0 Å². The third kappa shape index (κ3) is 4.36. The zero-order valence-corrected chi connectivity index (χ0v) is 29.0. The maximum atomic E-state index is 6.28. The van der Waals surface area contributed by atoms with Gasteiger partial charge in [0.2, 0.25) is 0 Å². The van der Waals surface area contributed by atoms with Gasteiger partial charge in [0.05, 0.1) is 0 Å². The Bertz CT molecular complexity index is 2860. The van der Waals surface area contributed by atoms with Crippen molar-refractivity contribution in [2.24, 2.45) is 0 Å². The van der Waals surface area contributed by atoms with Crippen LogP contribution in [0.15, 0.2) is 144 Å². The summed E-state index contributed by atoms with van der Waals surface area (Å²) in [5.41, 5.74) is 9.72. The summed E-state index contributed by atoms with van der Waals surface area (Å²) >= 11 is 0. The van der Waals surface area contributed by atoms with E-state index in [1.807, 2.05) is 36.4 Å². The van der Waals surface area contributed by atoms with E-state index in [4.69, 9.17) is 19.4 Å². The minimum absolute atomic E-state index is 0.0412. The van der Waals surface area contributed by atoms with Crippen molar-refractivity contribution < 1.29 is 4.42 Å². The van der Waals surface area contributed by atoms with Crippen molar-refractivity contribution in [3.05, 3.63) is 151 Å². The van der Waals surface area contributed by atoms with Gasteiger partial charge in [0.25, 0.3) is 0 Å². The lowest BCUT2D eigenvalue weighted by Crippen LogP contribution is -2.43. The summed E-state index contributed by atoms with van der Waals surface area (Å²) in [6.45, 7) is 9.55. The van der Waals surface area contributed by atoms with Crippen molar-refractivity contribution in [1.82, 2.24) is 15.0 Å². The fraction of sp³-hybridized carbons (Fsp3) is 0.128. The molecule has 0 saturated heterocycles. The van der Waals surface area contributed by atoms with E-state index in [0.717, 1.165) is 44.0 Å². The molecule has 2 aromatic heterocycles. The standard InChI is InChI=1S/C47H35N3O/c1-46(2)39-20-12-10-18-33(39)37-24-30-25-38(32-17-9-8-16-31(32)36(30)27-40(37)47(46,3)4)45-49-43(28-14-6-5-7-15-28)48-44(50-45)29-22-23-35-34-19-11-13-21-41(34)51-42(35)26-29/h5-27H,1-4H3. The number of furan rings is 1. The maximum Gasteiger partial charge on any atom is 0.164 e. The lowest BCUT2D eigenvalue weighted by Gasteiger charge is -2.48. The molecule has 2 heterocycles. The molecule has 1 aliphatic rings. The van der Waals surface area contributed by atoms with Crippen LogP contribution in [-0.2, 0) is 10.8 Å². The number of benzene rings is 7. The molecule has 0 bridgehead atoms. The van der Waals surface area contributed by atoms with Gasteiger partial charge in [-0.3, -0.25) is 0 Å². The number of aromatic nitrogens is 3. The molecular formula is C47H35N3O. The van der Waals surface area contributed by atoms with Crippen LogP contribution in [0.3, 0.4) is 0 Å². The van der Waals surface area contributed by atoms with Crippen molar-refractivity contribution in [2.75, 3.05) is 0 Å². The van der Waals surface area contributed by atoms with E-state index in [2.05, 4.69) is 131 Å². The summed E-state index contributed by atoms with van der Waals surface area (Å²) in [4.78, 5) is 15.4. The lowest BCUT2D eigenvalue weighted by molar-refractivity contribution is 0.299. The van der Waals surface area contributed by atoms with Crippen LogP contribution in [0.1, 0.15) is 38.8 Å². The van der Waals surface area contributed by atoms with Gasteiger partial charge < -0.3 is 4.42 Å². The molecule has 51 heavy (non-hydrogen) atoms. The minimum Gasteiger partial charge on any atom is -0.456 e. The molecule has 0 aliphatic heterocycles. The number of fused-ring (bicyclic) bond motifs is 9. The molecule has 0 radical (unpaired) electrons. The Hall–Kier alpha value is -6.13. The largest absolute Gasteiger partial charge is 0.456 e. The highest BCUT2D eigenvalue weighted by Gasteiger charge is 2.45. The van der Waals surface area contributed by atoms with Crippen LogP contribution in [-0.4, -0.2) is 15.0 Å². The Morgan fingerprint density at radius 3 is 1.82 bits per heavy atom. The highest BCUT2D eigenvalue weighted by atomic mass is 16.3. The van der Waals surface area contributed by atoms with Crippen LogP contribution in [0, 0.1) is 0 Å². The fourth-order valence-corrected chi connectivity index (χ4v) is 8.22. The Kier molecular flexibility index (Phi) is 6.23. The zero-order chi connectivity index (χ0) is 34.5. The van der Waals surface area contributed by atoms with E-state index in [9.17, 15) is 0 Å². The SMILES string of the molecule is CC1(C)c2ccccc2-c2cc3cc(-c4nc(-c5ccccc5)nc(-c5ccc6c(c5)oc5ccccc56)n4)c4ccccc4c3cc2C1(C)C. The number of hydrogen-bond donors (Lipinski definition) is 0.